The van der Waals surface area contributed by atoms with Gasteiger partial charge in [0.15, 0.2) is 6.10 Å². The van der Waals surface area contributed by atoms with Crippen LogP contribution in [0.1, 0.15) is 24.5 Å². The van der Waals surface area contributed by atoms with Gasteiger partial charge in [-0.15, -0.1) is 0 Å². The molecular weight excluding hydrogens is 344 g/mol. The Morgan fingerprint density at radius 2 is 2.09 bits per heavy atom. The molecule has 1 amide bonds. The Morgan fingerprint density at radius 3 is 2.86 bits per heavy atom. The highest BCUT2D eigenvalue weighted by Gasteiger charge is 2.17. The first-order chi connectivity index (χ1) is 10.6. The summed E-state index contributed by atoms with van der Waals surface area (Å²) >= 11 is 3.31. The van der Waals surface area contributed by atoms with Crippen molar-refractivity contribution < 1.29 is 9.53 Å². The number of aromatic nitrogens is 1. The number of hydrogen-bond donors (Lipinski definition) is 1. The summed E-state index contributed by atoms with van der Waals surface area (Å²) in [5.41, 5.74) is 2.73. The van der Waals surface area contributed by atoms with E-state index in [0.29, 0.717) is 5.82 Å². The van der Waals surface area contributed by atoms with Crippen molar-refractivity contribution in [3.63, 3.8) is 0 Å². The normalized spacial score (nSPS) is 14.3. The second kappa shape index (κ2) is 6.48. The zero-order valence-corrected chi connectivity index (χ0v) is 13.9. The van der Waals surface area contributed by atoms with Crippen LogP contribution in [0.15, 0.2) is 41.0 Å². The highest BCUT2D eigenvalue weighted by Crippen LogP contribution is 2.26. The topological polar surface area (TPSA) is 51.2 Å². The van der Waals surface area contributed by atoms with E-state index in [4.69, 9.17) is 4.74 Å². The minimum Gasteiger partial charge on any atom is -0.481 e. The van der Waals surface area contributed by atoms with E-state index in [1.54, 1.807) is 19.2 Å². The number of aryl methyl sites for hydroxylation is 2. The average Bonchev–Trinajstić information content (AvgIpc) is 2.97. The van der Waals surface area contributed by atoms with Crippen LogP contribution in [0.3, 0.4) is 0 Å². The molecule has 114 valence electrons. The first-order valence-corrected chi connectivity index (χ1v) is 8.12. The third-order valence-corrected chi connectivity index (χ3v) is 4.20. The fourth-order valence-electron chi connectivity index (χ4n) is 2.56. The van der Waals surface area contributed by atoms with Gasteiger partial charge in [0, 0.05) is 10.7 Å². The minimum absolute atomic E-state index is 0.213. The van der Waals surface area contributed by atoms with Gasteiger partial charge in [0.2, 0.25) is 0 Å². The Morgan fingerprint density at radius 1 is 1.27 bits per heavy atom. The molecule has 0 saturated heterocycles. The average molecular weight is 361 g/mol. The van der Waals surface area contributed by atoms with Gasteiger partial charge in [-0.05, 0) is 77.5 Å². The predicted octanol–water partition coefficient (Wildman–Crippen LogP) is 3.74. The van der Waals surface area contributed by atoms with Gasteiger partial charge in [0.25, 0.3) is 5.91 Å². The van der Waals surface area contributed by atoms with E-state index in [1.165, 1.54) is 17.5 Å². The Kier molecular flexibility index (Phi) is 4.43. The van der Waals surface area contributed by atoms with Crippen LogP contribution in [-0.2, 0) is 17.6 Å². The quantitative estimate of drug-likeness (QED) is 0.903. The number of carbonyl (C=O) groups is 1. The number of carbonyl (C=O) groups excluding carboxylic acids is 1. The van der Waals surface area contributed by atoms with Crippen LogP contribution in [-0.4, -0.2) is 17.0 Å². The van der Waals surface area contributed by atoms with Crippen molar-refractivity contribution in [1.29, 1.82) is 0 Å². The van der Waals surface area contributed by atoms with E-state index >= 15 is 0 Å². The lowest BCUT2D eigenvalue weighted by molar-refractivity contribution is -0.122. The van der Waals surface area contributed by atoms with Crippen molar-refractivity contribution in [2.75, 3.05) is 5.32 Å². The number of nitrogens with zero attached hydrogens (tertiary/aromatic N) is 1. The van der Waals surface area contributed by atoms with Gasteiger partial charge >= 0.3 is 0 Å². The highest BCUT2D eigenvalue weighted by molar-refractivity contribution is 9.10. The van der Waals surface area contributed by atoms with Gasteiger partial charge in [-0.3, -0.25) is 4.79 Å². The molecule has 0 spiro atoms. The fraction of sp³-hybridized carbons (Fsp3) is 0.294. The number of fused-ring (bicyclic) bond motifs is 1. The smallest absolute Gasteiger partial charge is 0.266 e. The number of amides is 1. The third kappa shape index (κ3) is 3.47. The Hall–Kier alpha value is -1.88. The molecule has 0 bridgehead atoms. The van der Waals surface area contributed by atoms with Crippen LogP contribution in [0.5, 0.6) is 5.75 Å². The molecule has 1 aromatic heterocycles. The summed E-state index contributed by atoms with van der Waals surface area (Å²) < 4.78 is 6.62. The second-order valence-electron chi connectivity index (χ2n) is 5.40. The lowest BCUT2D eigenvalue weighted by Crippen LogP contribution is -2.30. The first kappa shape index (κ1) is 15.0. The van der Waals surface area contributed by atoms with Crippen molar-refractivity contribution in [3.05, 3.63) is 52.1 Å². The minimum atomic E-state index is -0.579. The molecule has 1 unspecified atom stereocenters. The van der Waals surface area contributed by atoms with E-state index in [9.17, 15) is 4.79 Å². The molecule has 1 aliphatic carbocycles. The molecule has 0 radical (unpaired) electrons. The molecule has 1 N–H and O–H groups in total. The summed E-state index contributed by atoms with van der Waals surface area (Å²) in [6, 6.07) is 9.65. The van der Waals surface area contributed by atoms with Crippen LogP contribution < -0.4 is 10.1 Å². The van der Waals surface area contributed by atoms with Gasteiger partial charge < -0.3 is 10.1 Å². The van der Waals surface area contributed by atoms with E-state index < -0.39 is 6.10 Å². The number of nitrogens with one attached hydrogen (secondary N) is 1. The van der Waals surface area contributed by atoms with Crippen molar-refractivity contribution >= 4 is 27.7 Å². The summed E-state index contributed by atoms with van der Waals surface area (Å²) in [6.07, 6.45) is 4.49. The van der Waals surface area contributed by atoms with Crippen molar-refractivity contribution in [2.24, 2.45) is 0 Å². The maximum absolute atomic E-state index is 12.1. The Labute approximate surface area is 138 Å². The van der Waals surface area contributed by atoms with Crippen molar-refractivity contribution in [2.45, 2.75) is 32.3 Å². The number of rotatable bonds is 4. The molecular formula is C17H17BrN2O2. The summed E-state index contributed by atoms with van der Waals surface area (Å²) in [4.78, 5) is 16.3. The fourth-order valence-corrected chi connectivity index (χ4v) is 2.79. The molecule has 1 atom stereocenters. The van der Waals surface area contributed by atoms with Crippen LogP contribution in [0.25, 0.3) is 0 Å². The van der Waals surface area contributed by atoms with Crippen molar-refractivity contribution in [3.8, 4) is 5.75 Å². The van der Waals surface area contributed by atoms with Gasteiger partial charge in [-0.2, -0.15) is 0 Å². The standard InChI is InChI=1S/C17H17BrN2O2/c1-11(17(21)20-16-8-6-14(18)10-19-16)22-15-7-5-12-3-2-4-13(12)9-15/h5-11H,2-4H2,1H3,(H,19,20,21). The second-order valence-corrected chi connectivity index (χ2v) is 6.31. The summed E-state index contributed by atoms with van der Waals surface area (Å²) in [6.45, 7) is 1.74. The lowest BCUT2D eigenvalue weighted by Gasteiger charge is -2.15. The van der Waals surface area contributed by atoms with E-state index in [-0.39, 0.29) is 5.91 Å². The molecule has 1 aromatic carbocycles. The van der Waals surface area contributed by atoms with Crippen molar-refractivity contribution in [1.82, 2.24) is 4.98 Å². The third-order valence-electron chi connectivity index (χ3n) is 3.73. The van der Waals surface area contributed by atoms with E-state index in [0.717, 1.165) is 23.1 Å². The largest absolute Gasteiger partial charge is 0.481 e. The SMILES string of the molecule is CC(Oc1ccc2c(c1)CCC2)C(=O)Nc1ccc(Br)cn1. The number of ether oxygens (including phenoxy) is 1. The molecule has 0 fully saturated rings. The summed E-state index contributed by atoms with van der Waals surface area (Å²) in [5, 5.41) is 2.75. The molecule has 22 heavy (non-hydrogen) atoms. The maximum atomic E-state index is 12.1. The summed E-state index contributed by atoms with van der Waals surface area (Å²) in [7, 11) is 0. The zero-order chi connectivity index (χ0) is 15.5. The number of hydrogen-bond acceptors (Lipinski definition) is 3. The number of pyridine rings is 1. The maximum Gasteiger partial charge on any atom is 0.266 e. The molecule has 0 saturated carbocycles. The van der Waals surface area contributed by atoms with Crippen LogP contribution in [0.4, 0.5) is 5.82 Å². The van der Waals surface area contributed by atoms with Crippen LogP contribution in [0, 0.1) is 0 Å². The molecule has 1 heterocycles. The Bertz CT molecular complexity index is 686. The first-order valence-electron chi connectivity index (χ1n) is 7.33. The monoisotopic (exact) mass is 360 g/mol. The molecule has 5 heteroatoms. The van der Waals surface area contributed by atoms with Crippen LogP contribution in [0.2, 0.25) is 0 Å². The highest BCUT2D eigenvalue weighted by atomic mass is 79.9. The molecule has 0 aliphatic heterocycles. The predicted molar refractivity (Wildman–Crippen MR) is 89.1 cm³/mol. The Balaban J connectivity index is 1.62. The van der Waals surface area contributed by atoms with E-state index in [2.05, 4.69) is 32.3 Å². The molecule has 2 aromatic rings. The van der Waals surface area contributed by atoms with Gasteiger partial charge in [-0.1, -0.05) is 6.07 Å². The number of benzene rings is 1. The molecule has 4 nitrogen and oxygen atoms in total. The van der Waals surface area contributed by atoms with Gasteiger partial charge in [0.05, 0.1) is 0 Å². The van der Waals surface area contributed by atoms with Gasteiger partial charge in [0.1, 0.15) is 11.6 Å². The lowest BCUT2D eigenvalue weighted by atomic mass is 10.1. The number of halogens is 1. The van der Waals surface area contributed by atoms with E-state index in [1.807, 2.05) is 18.2 Å². The zero-order valence-electron chi connectivity index (χ0n) is 12.3. The van der Waals surface area contributed by atoms with Crippen LogP contribution >= 0.6 is 15.9 Å². The molecule has 1 aliphatic rings. The number of anilines is 1. The van der Waals surface area contributed by atoms with Gasteiger partial charge in [-0.25, -0.2) is 4.98 Å². The summed E-state index contributed by atoms with van der Waals surface area (Å²) in [5.74, 6) is 1.04. The molecule has 3 rings (SSSR count).